The van der Waals surface area contributed by atoms with Crippen molar-refractivity contribution in [3.63, 3.8) is 0 Å². The summed E-state index contributed by atoms with van der Waals surface area (Å²) in [5.74, 6) is -1.00. The summed E-state index contributed by atoms with van der Waals surface area (Å²) in [6.45, 7) is 0.268. The first kappa shape index (κ1) is 24.1. The van der Waals surface area contributed by atoms with Gasteiger partial charge in [0, 0.05) is 23.9 Å². The fourth-order valence-corrected chi connectivity index (χ4v) is 6.56. The number of fused-ring (bicyclic) bond motifs is 2. The minimum atomic E-state index is -2.65. The molecule has 9 nitrogen and oxygen atoms in total. The van der Waals surface area contributed by atoms with Crippen LogP contribution in [0.25, 0.3) is 21.8 Å². The van der Waals surface area contributed by atoms with Crippen LogP contribution in [-0.4, -0.2) is 52.8 Å². The van der Waals surface area contributed by atoms with Crippen molar-refractivity contribution in [2.75, 3.05) is 11.5 Å². The van der Waals surface area contributed by atoms with E-state index in [-0.39, 0.29) is 42.1 Å². The lowest BCUT2D eigenvalue weighted by Crippen LogP contribution is -2.35. The molecule has 36 heavy (non-hydrogen) atoms. The van der Waals surface area contributed by atoms with Gasteiger partial charge in [0.05, 0.1) is 29.8 Å². The third kappa shape index (κ3) is 4.75. The molecule has 1 aliphatic heterocycles. The van der Waals surface area contributed by atoms with Gasteiger partial charge in [-0.2, -0.15) is 10.6 Å². The molecular formula is C26H27N3O6S. The van der Waals surface area contributed by atoms with Gasteiger partial charge in [-0.3, -0.25) is 27.8 Å². The Labute approximate surface area is 208 Å². The molecule has 0 bridgehead atoms. The highest BCUT2D eigenvalue weighted by molar-refractivity contribution is 8.24. The largest absolute Gasteiger partial charge is 0.481 e. The molecule has 188 valence electrons. The summed E-state index contributed by atoms with van der Waals surface area (Å²) in [5.41, 5.74) is 2.00. The van der Waals surface area contributed by atoms with Gasteiger partial charge in [-0.15, -0.1) is 0 Å². The zero-order chi connectivity index (χ0) is 25.4. The lowest BCUT2D eigenvalue weighted by Gasteiger charge is -2.26. The lowest BCUT2D eigenvalue weighted by molar-refractivity contribution is -0.137. The number of aryl methyl sites for hydroxylation is 1. The molecule has 1 aromatic heterocycles. The summed E-state index contributed by atoms with van der Waals surface area (Å²) in [6, 6.07) is 18.4. The second kappa shape index (κ2) is 9.45. The number of nitrogens with one attached hydrogen (secondary N) is 1. The first-order chi connectivity index (χ1) is 17.2. The molecule has 1 unspecified atom stereocenters. The molecule has 0 radical (unpaired) electrons. The number of amides is 1. The van der Waals surface area contributed by atoms with Gasteiger partial charge in [0.1, 0.15) is 0 Å². The first-order valence-electron chi connectivity index (χ1n) is 11.7. The molecule has 1 fully saturated rings. The molecule has 1 atom stereocenters. The van der Waals surface area contributed by atoms with E-state index in [9.17, 15) is 28.6 Å². The number of rotatable bonds is 7. The molecule has 3 aromatic carbocycles. The summed E-state index contributed by atoms with van der Waals surface area (Å²) >= 11 is 0. The number of hydrogen-bond donors (Lipinski definition) is 4. The molecule has 10 heteroatoms. The number of carboxylic acid groups (broad SMARTS) is 1. The number of benzene rings is 3. The minimum absolute atomic E-state index is 0.0260. The number of aliphatic carboxylic acids is 1. The summed E-state index contributed by atoms with van der Waals surface area (Å²) in [4.78, 5) is 37.6. The van der Waals surface area contributed by atoms with E-state index in [2.05, 4.69) is 5.32 Å². The van der Waals surface area contributed by atoms with E-state index in [0.29, 0.717) is 29.6 Å². The first-order valence-corrected chi connectivity index (χ1v) is 13.6. The van der Waals surface area contributed by atoms with Crippen molar-refractivity contribution in [1.29, 1.82) is 0 Å². The van der Waals surface area contributed by atoms with Crippen molar-refractivity contribution < 1.29 is 23.8 Å². The van der Waals surface area contributed by atoms with E-state index in [1.54, 1.807) is 22.8 Å². The molecule has 0 aliphatic carbocycles. The van der Waals surface area contributed by atoms with Gasteiger partial charge in [0.15, 0.2) is 0 Å². The highest BCUT2D eigenvalue weighted by Crippen LogP contribution is 2.45. The van der Waals surface area contributed by atoms with Crippen molar-refractivity contribution in [3.8, 4) is 0 Å². The number of carbonyl (C=O) groups excluding carboxylic acids is 1. The van der Waals surface area contributed by atoms with Crippen molar-refractivity contribution >= 4 is 44.3 Å². The quantitative estimate of drug-likeness (QED) is 0.300. The third-order valence-electron chi connectivity index (χ3n) is 6.64. The Balaban J connectivity index is 1.53. The van der Waals surface area contributed by atoms with Crippen molar-refractivity contribution in [2.45, 2.75) is 32.0 Å². The Morgan fingerprint density at radius 1 is 1.00 bits per heavy atom. The fraction of sp³-hybridized carbons (Fsp3) is 0.269. The van der Waals surface area contributed by atoms with Gasteiger partial charge in [-0.05, 0) is 41.0 Å². The van der Waals surface area contributed by atoms with Crippen molar-refractivity contribution in [2.24, 2.45) is 0 Å². The SMILES string of the molecule is O=C(O)CCn1c(=O)n(Cc2cccc3ccccc23)c2ccc(C(=O)NC3CCS(O)(O)C3)cc21. The molecular weight excluding hydrogens is 482 g/mol. The van der Waals surface area contributed by atoms with Gasteiger partial charge in [-0.1, -0.05) is 42.5 Å². The van der Waals surface area contributed by atoms with E-state index >= 15 is 0 Å². The topological polar surface area (TPSA) is 134 Å². The highest BCUT2D eigenvalue weighted by atomic mass is 32.3. The van der Waals surface area contributed by atoms with Crippen LogP contribution in [0.3, 0.4) is 0 Å². The second-order valence-corrected chi connectivity index (χ2v) is 11.5. The van der Waals surface area contributed by atoms with Crippen LogP contribution < -0.4 is 11.0 Å². The average Bonchev–Trinajstić information content (AvgIpc) is 3.32. The minimum Gasteiger partial charge on any atom is -0.481 e. The fourth-order valence-electron chi connectivity index (χ4n) is 4.84. The highest BCUT2D eigenvalue weighted by Gasteiger charge is 2.29. The molecule has 0 spiro atoms. The Hall–Kier alpha value is -3.60. The lowest BCUT2D eigenvalue weighted by atomic mass is 10.0. The van der Waals surface area contributed by atoms with Crippen LogP contribution in [0, 0.1) is 0 Å². The van der Waals surface area contributed by atoms with Gasteiger partial charge in [-0.25, -0.2) is 4.79 Å². The van der Waals surface area contributed by atoms with Crippen LogP contribution in [0.1, 0.15) is 28.8 Å². The maximum Gasteiger partial charge on any atom is 0.329 e. The van der Waals surface area contributed by atoms with Crippen LogP contribution in [0.15, 0.2) is 65.5 Å². The zero-order valence-electron chi connectivity index (χ0n) is 19.5. The Bertz CT molecular complexity index is 1530. The number of carboxylic acids is 1. The molecule has 2 heterocycles. The summed E-state index contributed by atoms with van der Waals surface area (Å²) < 4.78 is 22.7. The third-order valence-corrected chi connectivity index (χ3v) is 8.46. The van der Waals surface area contributed by atoms with Crippen LogP contribution in [0.2, 0.25) is 0 Å². The summed E-state index contributed by atoms with van der Waals surface area (Å²) in [5, 5.41) is 14.1. The smallest absolute Gasteiger partial charge is 0.329 e. The number of nitrogens with zero attached hydrogens (tertiary/aromatic N) is 2. The Morgan fingerprint density at radius 2 is 1.78 bits per heavy atom. The van der Waals surface area contributed by atoms with Crippen LogP contribution in [0.5, 0.6) is 0 Å². The van der Waals surface area contributed by atoms with E-state index in [4.69, 9.17) is 0 Å². The van der Waals surface area contributed by atoms with E-state index < -0.39 is 16.6 Å². The Morgan fingerprint density at radius 3 is 2.53 bits per heavy atom. The zero-order valence-corrected chi connectivity index (χ0v) is 20.3. The van der Waals surface area contributed by atoms with Gasteiger partial charge in [0.2, 0.25) is 0 Å². The van der Waals surface area contributed by atoms with E-state index in [0.717, 1.165) is 16.3 Å². The number of aromatic nitrogens is 2. The molecule has 1 amide bonds. The van der Waals surface area contributed by atoms with Gasteiger partial charge >= 0.3 is 11.7 Å². The second-order valence-electron chi connectivity index (χ2n) is 9.14. The summed E-state index contributed by atoms with van der Waals surface area (Å²) in [6.07, 6.45) is 0.255. The van der Waals surface area contributed by atoms with Gasteiger partial charge in [0.25, 0.3) is 5.91 Å². The molecule has 5 rings (SSSR count). The molecule has 4 aromatic rings. The Kier molecular flexibility index (Phi) is 6.33. The predicted octanol–water partition coefficient (Wildman–Crippen LogP) is 3.73. The molecule has 1 aliphatic rings. The molecule has 4 N–H and O–H groups in total. The maximum atomic E-state index is 13.5. The van der Waals surface area contributed by atoms with Crippen molar-refractivity contribution in [3.05, 3.63) is 82.3 Å². The number of carbonyl (C=O) groups is 2. The molecule has 0 saturated carbocycles. The van der Waals surface area contributed by atoms with Crippen LogP contribution in [0.4, 0.5) is 0 Å². The number of imidazole rings is 1. The predicted molar refractivity (Wildman–Crippen MR) is 140 cm³/mol. The van der Waals surface area contributed by atoms with E-state index in [1.807, 2.05) is 42.5 Å². The summed E-state index contributed by atoms with van der Waals surface area (Å²) in [7, 11) is -2.65. The van der Waals surface area contributed by atoms with Gasteiger partial charge < -0.3 is 10.4 Å². The van der Waals surface area contributed by atoms with Crippen molar-refractivity contribution in [1.82, 2.24) is 14.5 Å². The maximum absolute atomic E-state index is 13.5. The average molecular weight is 510 g/mol. The normalized spacial score (nSPS) is 17.9. The molecule has 1 saturated heterocycles. The van der Waals surface area contributed by atoms with Crippen LogP contribution in [-0.2, 0) is 17.9 Å². The van der Waals surface area contributed by atoms with Crippen LogP contribution >= 0.6 is 10.6 Å². The number of hydrogen-bond acceptors (Lipinski definition) is 5. The van der Waals surface area contributed by atoms with E-state index in [1.165, 1.54) is 4.57 Å². The standard InChI is InChI=1S/C26H27N3O6S/c30-24(31)10-12-28-23-14-18(25(32)27-20-11-13-36(34,35)16-20)8-9-22(23)29(26(28)33)15-19-6-3-5-17-4-1-2-7-21(17)19/h1-9,14,20,34-35H,10-13,15-16H2,(H,27,32)(H,30,31). The monoisotopic (exact) mass is 509 g/mol.